The third-order valence-electron chi connectivity index (χ3n) is 7.06. The van der Waals surface area contributed by atoms with E-state index in [1.54, 1.807) is 11.0 Å². The Morgan fingerprint density at radius 2 is 1.71 bits per heavy atom. The summed E-state index contributed by atoms with van der Waals surface area (Å²) < 4.78 is 1.62. The molecule has 4 aromatic rings. The maximum atomic E-state index is 10.1. The normalized spacial score (nSPS) is 13.7. The second kappa shape index (κ2) is 11.3. The zero-order chi connectivity index (χ0) is 27.3. The lowest BCUT2D eigenvalue weighted by Gasteiger charge is -2.36. The molecule has 1 aromatic heterocycles. The van der Waals surface area contributed by atoms with Gasteiger partial charge in [-0.15, -0.1) is 5.10 Å². The molecule has 1 unspecified atom stereocenters. The summed E-state index contributed by atoms with van der Waals surface area (Å²) in [5.74, 6) is 0.300. The molecule has 0 bridgehead atoms. The summed E-state index contributed by atoms with van der Waals surface area (Å²) in [6, 6.07) is 28.9. The molecule has 0 radical (unpaired) electrons. The molecule has 3 N–H and O–H groups in total. The first-order valence-electron chi connectivity index (χ1n) is 12.7. The second-order valence-electron chi connectivity index (χ2n) is 10.4. The number of aryl methyl sites for hydroxylation is 1. The molecule has 1 heterocycles. The minimum Gasteiger partial charge on any atom is -0.366 e. The Hall–Kier alpha value is -4.46. The number of hydrogen-bond acceptors (Lipinski definition) is 6. The first-order chi connectivity index (χ1) is 18.2. The van der Waals surface area contributed by atoms with Crippen LogP contribution in [-0.2, 0) is 6.42 Å². The summed E-state index contributed by atoms with van der Waals surface area (Å²) in [6.45, 7) is 8.15. The second-order valence-corrected chi connectivity index (χ2v) is 10.4. The fourth-order valence-corrected chi connectivity index (χ4v) is 4.78. The van der Waals surface area contributed by atoms with Crippen LogP contribution in [0.3, 0.4) is 0 Å². The van der Waals surface area contributed by atoms with Gasteiger partial charge in [0.25, 0.3) is 0 Å². The predicted octanol–water partition coefficient (Wildman–Crippen LogP) is 5.63. The largest absolute Gasteiger partial charge is 0.366 e. The van der Waals surface area contributed by atoms with Gasteiger partial charge in [0.05, 0.1) is 34.8 Å². The molecule has 0 fully saturated rings. The molecule has 3 aromatic carbocycles. The lowest BCUT2D eigenvalue weighted by Crippen LogP contribution is -2.42. The van der Waals surface area contributed by atoms with Gasteiger partial charge in [-0.25, -0.2) is 9.67 Å². The smallest absolute Gasteiger partial charge is 0.239 e. The SMILES string of the molecule is Cc1ccc(C[C@@H](c2cccc(C#N)c2)[C@H](C)NC(c2ccc(-n3cnc(N)n3)cc2)C(C)(C)C#N)cc1. The van der Waals surface area contributed by atoms with E-state index < -0.39 is 5.41 Å². The molecule has 4 rings (SSSR count). The Kier molecular flexibility index (Phi) is 7.90. The maximum Gasteiger partial charge on any atom is 0.239 e. The molecule has 0 aliphatic heterocycles. The summed E-state index contributed by atoms with van der Waals surface area (Å²) in [6.07, 6.45) is 2.38. The molecule has 7 heteroatoms. The van der Waals surface area contributed by atoms with Gasteiger partial charge < -0.3 is 11.1 Å². The van der Waals surface area contributed by atoms with E-state index in [2.05, 4.69) is 71.7 Å². The van der Waals surface area contributed by atoms with Crippen molar-refractivity contribution in [2.75, 3.05) is 5.73 Å². The monoisotopic (exact) mass is 503 g/mol. The molecular weight excluding hydrogens is 470 g/mol. The number of anilines is 1. The van der Waals surface area contributed by atoms with E-state index >= 15 is 0 Å². The van der Waals surface area contributed by atoms with Gasteiger partial charge in [0.2, 0.25) is 5.95 Å². The zero-order valence-electron chi connectivity index (χ0n) is 22.3. The van der Waals surface area contributed by atoms with Crippen molar-refractivity contribution < 1.29 is 0 Å². The van der Waals surface area contributed by atoms with Crippen LogP contribution in [0.25, 0.3) is 5.69 Å². The lowest BCUT2D eigenvalue weighted by atomic mass is 9.79. The van der Waals surface area contributed by atoms with E-state index in [-0.39, 0.29) is 23.9 Å². The minimum absolute atomic E-state index is 0.00217. The molecule has 0 amide bonds. The highest BCUT2D eigenvalue weighted by atomic mass is 15.4. The number of nitrogens with zero attached hydrogens (tertiary/aromatic N) is 5. The summed E-state index contributed by atoms with van der Waals surface area (Å²) in [7, 11) is 0. The van der Waals surface area contributed by atoms with Crippen LogP contribution in [0, 0.1) is 35.0 Å². The van der Waals surface area contributed by atoms with Crippen molar-refractivity contribution >= 4 is 5.95 Å². The Morgan fingerprint density at radius 3 is 2.32 bits per heavy atom. The lowest BCUT2D eigenvalue weighted by molar-refractivity contribution is 0.281. The molecule has 0 saturated carbocycles. The highest BCUT2D eigenvalue weighted by Crippen LogP contribution is 2.36. The van der Waals surface area contributed by atoms with Crippen molar-refractivity contribution in [2.24, 2.45) is 5.41 Å². The van der Waals surface area contributed by atoms with Crippen LogP contribution in [0.4, 0.5) is 5.95 Å². The molecule has 3 atom stereocenters. The van der Waals surface area contributed by atoms with Crippen LogP contribution in [0.5, 0.6) is 0 Å². The number of nitrogens with one attached hydrogen (secondary N) is 1. The van der Waals surface area contributed by atoms with Crippen LogP contribution >= 0.6 is 0 Å². The number of hydrogen-bond donors (Lipinski definition) is 2. The summed E-state index contributed by atoms with van der Waals surface area (Å²) in [4.78, 5) is 4.00. The summed E-state index contributed by atoms with van der Waals surface area (Å²) >= 11 is 0. The van der Waals surface area contributed by atoms with Gasteiger partial charge >= 0.3 is 0 Å². The van der Waals surface area contributed by atoms with E-state index in [9.17, 15) is 10.5 Å². The number of rotatable bonds is 9. The van der Waals surface area contributed by atoms with Crippen molar-refractivity contribution in [3.8, 4) is 17.8 Å². The predicted molar refractivity (Wildman–Crippen MR) is 149 cm³/mol. The number of nitrogens with two attached hydrogens (primary N) is 1. The number of aromatic nitrogens is 3. The molecule has 7 nitrogen and oxygen atoms in total. The Labute approximate surface area is 224 Å². The topological polar surface area (TPSA) is 116 Å². The van der Waals surface area contributed by atoms with E-state index in [1.165, 1.54) is 11.1 Å². The highest BCUT2D eigenvalue weighted by Gasteiger charge is 2.34. The molecule has 38 heavy (non-hydrogen) atoms. The Bertz CT molecular complexity index is 1450. The number of benzene rings is 3. The summed E-state index contributed by atoms with van der Waals surface area (Å²) in [5.41, 5.74) is 11.0. The first-order valence-corrected chi connectivity index (χ1v) is 12.7. The Balaban J connectivity index is 1.67. The molecule has 0 aliphatic carbocycles. The van der Waals surface area contributed by atoms with Crippen LogP contribution in [0.15, 0.2) is 79.1 Å². The van der Waals surface area contributed by atoms with Crippen molar-refractivity contribution in [2.45, 2.75) is 52.1 Å². The van der Waals surface area contributed by atoms with E-state index in [0.29, 0.717) is 5.56 Å². The van der Waals surface area contributed by atoms with Gasteiger partial charge in [0.15, 0.2) is 0 Å². The number of nitrogen functional groups attached to an aromatic ring is 1. The van der Waals surface area contributed by atoms with E-state index in [4.69, 9.17) is 5.73 Å². The van der Waals surface area contributed by atoms with Crippen LogP contribution in [0.1, 0.15) is 60.5 Å². The summed E-state index contributed by atoms with van der Waals surface area (Å²) in [5, 5.41) is 27.6. The van der Waals surface area contributed by atoms with Crippen LogP contribution < -0.4 is 11.1 Å². The van der Waals surface area contributed by atoms with Gasteiger partial charge in [-0.1, -0.05) is 54.1 Å². The molecule has 192 valence electrons. The quantitative estimate of drug-likeness (QED) is 0.306. The van der Waals surface area contributed by atoms with Gasteiger partial charge in [-0.2, -0.15) is 10.5 Å². The first kappa shape index (κ1) is 26.6. The third-order valence-corrected chi connectivity index (χ3v) is 7.06. The van der Waals surface area contributed by atoms with Gasteiger partial charge in [0, 0.05) is 12.0 Å². The Morgan fingerprint density at radius 1 is 1.00 bits per heavy atom. The average molecular weight is 504 g/mol. The van der Waals surface area contributed by atoms with Crippen molar-refractivity contribution in [1.29, 1.82) is 10.5 Å². The molecule has 0 spiro atoms. The van der Waals surface area contributed by atoms with Crippen LogP contribution in [-0.4, -0.2) is 20.8 Å². The fraction of sp³-hybridized carbons (Fsp3) is 0.290. The van der Waals surface area contributed by atoms with E-state index in [1.807, 2.05) is 56.3 Å². The third kappa shape index (κ3) is 6.08. The molecular formula is C31H33N7. The average Bonchev–Trinajstić information content (AvgIpc) is 3.37. The van der Waals surface area contributed by atoms with Gasteiger partial charge in [-0.05, 0) is 75.1 Å². The number of nitriles is 2. The molecule has 0 saturated heterocycles. The highest BCUT2D eigenvalue weighted by molar-refractivity contribution is 5.38. The van der Waals surface area contributed by atoms with Gasteiger partial charge in [-0.3, -0.25) is 0 Å². The van der Waals surface area contributed by atoms with Crippen LogP contribution in [0.2, 0.25) is 0 Å². The van der Waals surface area contributed by atoms with E-state index in [0.717, 1.165) is 23.2 Å². The zero-order valence-corrected chi connectivity index (χ0v) is 22.3. The fourth-order valence-electron chi connectivity index (χ4n) is 4.78. The molecule has 0 aliphatic rings. The standard InChI is InChI=1S/C31H33N7/c1-21-8-10-23(11-9-21)17-28(26-7-5-6-24(16-26)18-32)22(2)36-29(31(3,4)19-33)25-12-14-27(15-13-25)38-20-35-30(34)37-38/h5-16,20,22,28-29,36H,17H2,1-4H3,(H2,34,37)/t22-,28+,29?/m0/s1. The van der Waals surface area contributed by atoms with Crippen molar-refractivity contribution in [3.63, 3.8) is 0 Å². The van der Waals surface area contributed by atoms with Crippen molar-refractivity contribution in [1.82, 2.24) is 20.1 Å². The van der Waals surface area contributed by atoms with Crippen molar-refractivity contribution in [3.05, 3.63) is 107 Å². The maximum absolute atomic E-state index is 10.1. The minimum atomic E-state index is -0.684. The van der Waals surface area contributed by atoms with Gasteiger partial charge in [0.1, 0.15) is 6.33 Å².